The summed E-state index contributed by atoms with van der Waals surface area (Å²) in [5.74, 6) is -4.09. The summed E-state index contributed by atoms with van der Waals surface area (Å²) in [6.45, 7) is 1.77. The summed E-state index contributed by atoms with van der Waals surface area (Å²) in [6.07, 6.45) is 5.65. The second-order valence-corrected chi connectivity index (χ2v) is 9.95. The van der Waals surface area contributed by atoms with Crippen LogP contribution in [0.5, 0.6) is 5.75 Å². The molecule has 1 saturated carbocycles. The van der Waals surface area contributed by atoms with Gasteiger partial charge in [0.15, 0.2) is 5.75 Å². The van der Waals surface area contributed by atoms with Crippen molar-refractivity contribution in [2.45, 2.75) is 32.1 Å². The number of nitrogens with one attached hydrogen (secondary N) is 2. The van der Waals surface area contributed by atoms with Gasteiger partial charge < -0.3 is 29.7 Å². The number of aromatic hydroxyl groups is 1. The van der Waals surface area contributed by atoms with Crippen LogP contribution in [0.15, 0.2) is 58.7 Å². The number of furan rings is 1. The van der Waals surface area contributed by atoms with Crippen LogP contribution in [0.2, 0.25) is 0 Å². The number of para-hydroxylation sites is 1. The number of aliphatic hydroxyl groups excluding tert-OH is 1. The number of hydrogen-bond acceptors (Lipinski definition) is 5. The molecular weight excluding hydrogens is 503 g/mol. The molecule has 0 amide bonds. The zero-order valence-electron chi connectivity index (χ0n) is 21.0. The minimum atomic E-state index is -1.44. The smallest absolute Gasteiger partial charge is 0.372 e. The lowest BCUT2D eigenvalue weighted by Gasteiger charge is -2.04. The molecule has 6 rings (SSSR count). The van der Waals surface area contributed by atoms with Crippen LogP contribution in [0.3, 0.4) is 0 Å². The highest BCUT2D eigenvalue weighted by Crippen LogP contribution is 2.51. The highest BCUT2D eigenvalue weighted by molar-refractivity contribution is 6.18. The van der Waals surface area contributed by atoms with E-state index in [9.17, 15) is 29.3 Å². The molecule has 0 radical (unpaired) electrons. The third kappa shape index (κ3) is 4.11. The maximum atomic E-state index is 14.0. The Hall–Kier alpha value is -4.63. The topological polar surface area (TPSA) is 140 Å². The fraction of sp³-hybridized carbons (Fsp3) is 0.200. The van der Waals surface area contributed by atoms with Gasteiger partial charge in [-0.15, -0.1) is 0 Å². The molecular formula is C30H25FN2O6. The standard InChI is InChI=1S/C30H25FN2O6/c1-14(13-34)5-6-15-3-2-4-18-20(12-32-24(15)18)26(35)29-27(36)23(28(39-29)30(37)38)22-19-10-9-17(31)11-21(19)33-25(22)16-7-8-16/h2-5,9-12,16,32-34,36H,6-8,13H2,1H3,(H,37,38)/b14-5+. The third-order valence-electron chi connectivity index (χ3n) is 7.27. The van der Waals surface area contributed by atoms with Crippen LogP contribution in [-0.2, 0) is 6.42 Å². The third-order valence-corrected chi connectivity index (χ3v) is 7.27. The number of carboxylic acid groups (broad SMARTS) is 1. The van der Waals surface area contributed by atoms with E-state index in [0.717, 1.165) is 24.0 Å². The van der Waals surface area contributed by atoms with Gasteiger partial charge in [-0.1, -0.05) is 29.8 Å². The second kappa shape index (κ2) is 9.28. The molecule has 1 aliphatic carbocycles. The summed E-state index contributed by atoms with van der Waals surface area (Å²) in [7, 11) is 0. The molecule has 9 heteroatoms. The largest absolute Gasteiger partial charge is 0.504 e. The predicted octanol–water partition coefficient (Wildman–Crippen LogP) is 6.04. The molecule has 0 bridgehead atoms. The first-order valence-electron chi connectivity index (χ1n) is 12.6. The molecule has 3 aromatic heterocycles. The van der Waals surface area contributed by atoms with Gasteiger partial charge in [0.25, 0.3) is 0 Å². The van der Waals surface area contributed by atoms with Crippen molar-refractivity contribution in [2.75, 3.05) is 6.61 Å². The number of carbonyl (C=O) groups excluding carboxylic acids is 1. The number of aromatic carboxylic acids is 1. The molecule has 1 fully saturated rings. The lowest BCUT2D eigenvalue weighted by molar-refractivity contribution is 0.0661. The maximum absolute atomic E-state index is 14.0. The number of rotatable bonds is 8. The molecule has 2 aromatic carbocycles. The number of allylic oxidation sites excluding steroid dienone is 1. The van der Waals surface area contributed by atoms with Gasteiger partial charge in [0.2, 0.25) is 17.3 Å². The average molecular weight is 529 g/mol. The van der Waals surface area contributed by atoms with Crippen LogP contribution in [0.1, 0.15) is 63.6 Å². The van der Waals surface area contributed by atoms with Gasteiger partial charge in [-0.3, -0.25) is 4.79 Å². The number of aromatic nitrogens is 2. The van der Waals surface area contributed by atoms with Gasteiger partial charge >= 0.3 is 5.97 Å². The molecule has 8 nitrogen and oxygen atoms in total. The number of H-pyrrole nitrogens is 2. The Labute approximate surface area is 221 Å². The number of ketones is 1. The molecule has 0 spiro atoms. The molecule has 0 aliphatic heterocycles. The number of hydrogen-bond donors (Lipinski definition) is 5. The Balaban J connectivity index is 1.50. The van der Waals surface area contributed by atoms with E-state index in [1.807, 2.05) is 19.1 Å². The highest BCUT2D eigenvalue weighted by Gasteiger charge is 2.37. The van der Waals surface area contributed by atoms with E-state index in [1.165, 1.54) is 24.4 Å². The number of halogens is 1. The van der Waals surface area contributed by atoms with Crippen LogP contribution < -0.4 is 0 Å². The lowest BCUT2D eigenvalue weighted by atomic mass is 9.97. The molecule has 0 unspecified atom stereocenters. The SMILES string of the molecule is C/C(=C\Cc1cccc2c(C(=O)c3oc(C(=O)O)c(-c4c(C5CC5)[nH]c5cc(F)ccc45)c3O)c[nH]c12)CO. The van der Waals surface area contributed by atoms with Crippen LogP contribution in [0, 0.1) is 5.82 Å². The van der Waals surface area contributed by atoms with Crippen molar-refractivity contribution in [2.24, 2.45) is 0 Å². The van der Waals surface area contributed by atoms with E-state index in [0.29, 0.717) is 39.5 Å². The van der Waals surface area contributed by atoms with Gasteiger partial charge in [-0.25, -0.2) is 9.18 Å². The quantitative estimate of drug-likeness (QED) is 0.123. The summed E-state index contributed by atoms with van der Waals surface area (Å²) >= 11 is 0. The Morgan fingerprint density at radius 1 is 1.13 bits per heavy atom. The number of carboxylic acids is 1. The van der Waals surface area contributed by atoms with E-state index < -0.39 is 34.8 Å². The van der Waals surface area contributed by atoms with Gasteiger partial charge in [0.05, 0.1) is 17.7 Å². The van der Waals surface area contributed by atoms with Crippen molar-refractivity contribution >= 4 is 33.6 Å². The Kier molecular flexibility index (Phi) is 5.88. The number of carbonyl (C=O) groups is 2. The minimum Gasteiger partial charge on any atom is -0.504 e. The first kappa shape index (κ1) is 24.7. The molecule has 0 atom stereocenters. The number of benzene rings is 2. The second-order valence-electron chi connectivity index (χ2n) is 9.95. The summed E-state index contributed by atoms with van der Waals surface area (Å²) in [5, 5.41) is 31.7. The molecule has 5 N–H and O–H groups in total. The Bertz CT molecular complexity index is 1820. The van der Waals surface area contributed by atoms with Crippen molar-refractivity contribution in [3.05, 3.63) is 88.4 Å². The molecule has 1 aliphatic rings. The van der Waals surface area contributed by atoms with Crippen molar-refractivity contribution in [1.82, 2.24) is 9.97 Å². The average Bonchev–Trinajstić information content (AvgIpc) is 3.43. The summed E-state index contributed by atoms with van der Waals surface area (Å²) in [6, 6.07) is 9.56. The fourth-order valence-corrected chi connectivity index (χ4v) is 5.14. The molecule has 5 aromatic rings. The first-order valence-corrected chi connectivity index (χ1v) is 12.6. The molecule has 39 heavy (non-hydrogen) atoms. The van der Waals surface area contributed by atoms with Crippen molar-refractivity contribution < 1.29 is 33.7 Å². The Morgan fingerprint density at radius 3 is 2.64 bits per heavy atom. The Morgan fingerprint density at radius 2 is 1.92 bits per heavy atom. The fourth-order valence-electron chi connectivity index (χ4n) is 5.14. The molecule has 0 saturated heterocycles. The first-order chi connectivity index (χ1) is 18.8. The summed E-state index contributed by atoms with van der Waals surface area (Å²) < 4.78 is 19.5. The van der Waals surface area contributed by atoms with E-state index in [2.05, 4.69) is 9.97 Å². The predicted molar refractivity (Wildman–Crippen MR) is 143 cm³/mol. The monoisotopic (exact) mass is 528 g/mol. The van der Waals surface area contributed by atoms with Crippen LogP contribution >= 0.6 is 0 Å². The zero-order chi connectivity index (χ0) is 27.4. The van der Waals surface area contributed by atoms with Gasteiger partial charge in [0.1, 0.15) is 5.82 Å². The molecule has 3 heterocycles. The van der Waals surface area contributed by atoms with E-state index in [1.54, 1.807) is 12.1 Å². The minimum absolute atomic E-state index is 0.0513. The number of aliphatic hydroxyl groups is 1. The summed E-state index contributed by atoms with van der Waals surface area (Å²) in [4.78, 5) is 32.3. The van der Waals surface area contributed by atoms with Crippen LogP contribution in [0.4, 0.5) is 4.39 Å². The highest BCUT2D eigenvalue weighted by atomic mass is 19.1. The van der Waals surface area contributed by atoms with Gasteiger partial charge in [0, 0.05) is 39.3 Å². The normalized spacial score (nSPS) is 14.0. The van der Waals surface area contributed by atoms with Crippen molar-refractivity contribution in [1.29, 1.82) is 0 Å². The molecule has 198 valence electrons. The van der Waals surface area contributed by atoms with Gasteiger partial charge in [-0.2, -0.15) is 0 Å². The zero-order valence-corrected chi connectivity index (χ0v) is 21.0. The van der Waals surface area contributed by atoms with E-state index in [4.69, 9.17) is 4.42 Å². The number of aromatic amines is 2. The maximum Gasteiger partial charge on any atom is 0.372 e. The number of fused-ring (bicyclic) bond motifs is 2. The van der Waals surface area contributed by atoms with E-state index in [-0.39, 0.29) is 23.7 Å². The lowest BCUT2D eigenvalue weighted by Crippen LogP contribution is -1.99. The summed E-state index contributed by atoms with van der Waals surface area (Å²) in [5.41, 5.74) is 4.08. The van der Waals surface area contributed by atoms with Crippen LogP contribution in [0.25, 0.3) is 32.9 Å². The van der Waals surface area contributed by atoms with Crippen molar-refractivity contribution in [3.8, 4) is 16.9 Å². The van der Waals surface area contributed by atoms with E-state index >= 15 is 0 Å². The van der Waals surface area contributed by atoms with Gasteiger partial charge in [-0.05, 0) is 55.9 Å². The van der Waals surface area contributed by atoms with Crippen LogP contribution in [-0.4, -0.2) is 43.6 Å². The van der Waals surface area contributed by atoms with Crippen molar-refractivity contribution in [3.63, 3.8) is 0 Å².